The number of carbonyl (C=O) groups is 3. The van der Waals surface area contributed by atoms with Crippen LogP contribution in [0, 0.1) is 0 Å². The molecule has 1 aromatic rings. The average Bonchev–Trinajstić information content (AvgIpc) is 2.93. The smallest absolute Gasteiger partial charge is 0.348 e. The molecule has 1 aromatic heterocycles. The van der Waals surface area contributed by atoms with E-state index < -0.39 is 5.97 Å². The number of carbonyl (C=O) groups excluding carboxylic acids is 3. The van der Waals surface area contributed by atoms with Crippen molar-refractivity contribution in [2.24, 2.45) is 0 Å². The molecule has 1 rings (SSSR count). The van der Waals surface area contributed by atoms with Crippen molar-refractivity contribution in [3.05, 3.63) is 21.9 Å². The highest BCUT2D eigenvalue weighted by molar-refractivity contribution is 7.15. The molecule has 0 atom stereocenters. The number of nitrogens with one attached hydrogen (secondary N) is 1. The zero-order valence-electron chi connectivity index (χ0n) is 11.8. The largest absolute Gasteiger partial charge is 0.465 e. The summed E-state index contributed by atoms with van der Waals surface area (Å²) in [6.45, 7) is 4.57. The van der Waals surface area contributed by atoms with E-state index in [1.165, 1.54) is 12.0 Å². The Hall–Kier alpha value is -1.89. The molecule has 20 heavy (non-hydrogen) atoms. The van der Waals surface area contributed by atoms with Crippen LogP contribution < -0.4 is 5.32 Å². The molecule has 0 aromatic carbocycles. The van der Waals surface area contributed by atoms with Crippen LogP contribution in [0.15, 0.2) is 12.1 Å². The SMILES string of the molecule is CCNC(=O)CN(CC)C(=O)c1ccc(C(=O)OC)s1. The van der Waals surface area contributed by atoms with Crippen molar-refractivity contribution in [2.75, 3.05) is 26.7 Å². The van der Waals surface area contributed by atoms with E-state index >= 15 is 0 Å². The van der Waals surface area contributed by atoms with Crippen LogP contribution in [0.5, 0.6) is 0 Å². The molecule has 7 heteroatoms. The lowest BCUT2D eigenvalue weighted by Crippen LogP contribution is -2.40. The van der Waals surface area contributed by atoms with Crippen molar-refractivity contribution in [1.29, 1.82) is 0 Å². The molecule has 0 radical (unpaired) electrons. The van der Waals surface area contributed by atoms with Crippen molar-refractivity contribution in [3.8, 4) is 0 Å². The van der Waals surface area contributed by atoms with Gasteiger partial charge in [-0.1, -0.05) is 0 Å². The third-order valence-electron chi connectivity index (χ3n) is 2.58. The summed E-state index contributed by atoms with van der Waals surface area (Å²) >= 11 is 1.06. The second-order valence-corrected chi connectivity index (χ2v) is 5.01. The monoisotopic (exact) mass is 298 g/mol. The number of ether oxygens (including phenoxy) is 1. The molecule has 6 nitrogen and oxygen atoms in total. The third kappa shape index (κ3) is 4.06. The number of esters is 1. The fraction of sp³-hybridized carbons (Fsp3) is 0.462. The lowest BCUT2D eigenvalue weighted by atomic mass is 10.3. The molecule has 0 aliphatic heterocycles. The number of hydrogen-bond donors (Lipinski definition) is 1. The van der Waals surface area contributed by atoms with Gasteiger partial charge in [0.25, 0.3) is 5.91 Å². The van der Waals surface area contributed by atoms with Crippen LogP contribution in [0.3, 0.4) is 0 Å². The molecule has 1 heterocycles. The van der Waals surface area contributed by atoms with Gasteiger partial charge in [0.1, 0.15) is 4.88 Å². The number of amides is 2. The molecule has 0 fully saturated rings. The maximum atomic E-state index is 12.2. The Labute approximate surface area is 121 Å². The van der Waals surface area contributed by atoms with Crippen LogP contribution >= 0.6 is 11.3 Å². The summed E-state index contributed by atoms with van der Waals surface area (Å²) in [5.41, 5.74) is 0. The number of thiophene rings is 1. The van der Waals surface area contributed by atoms with Gasteiger partial charge in [-0.3, -0.25) is 9.59 Å². The van der Waals surface area contributed by atoms with Gasteiger partial charge in [0.15, 0.2) is 0 Å². The summed E-state index contributed by atoms with van der Waals surface area (Å²) in [5.74, 6) is -0.938. The van der Waals surface area contributed by atoms with Gasteiger partial charge in [-0.05, 0) is 26.0 Å². The number of likely N-dealkylation sites (N-methyl/N-ethyl adjacent to an activating group) is 2. The van der Waals surface area contributed by atoms with Gasteiger partial charge >= 0.3 is 5.97 Å². The second-order valence-electron chi connectivity index (χ2n) is 3.93. The van der Waals surface area contributed by atoms with Crippen LogP contribution in [-0.2, 0) is 9.53 Å². The normalized spacial score (nSPS) is 9.95. The first kappa shape index (κ1) is 16.2. The molecular formula is C13H18N2O4S. The number of methoxy groups -OCH3 is 1. The van der Waals surface area contributed by atoms with Gasteiger partial charge < -0.3 is 15.0 Å². The molecular weight excluding hydrogens is 280 g/mol. The summed E-state index contributed by atoms with van der Waals surface area (Å²) in [4.78, 5) is 37.3. The fourth-order valence-corrected chi connectivity index (χ4v) is 2.46. The van der Waals surface area contributed by atoms with Gasteiger partial charge in [0.2, 0.25) is 5.91 Å². The van der Waals surface area contributed by atoms with E-state index in [1.54, 1.807) is 19.1 Å². The summed E-state index contributed by atoms with van der Waals surface area (Å²) in [5, 5.41) is 2.65. The van der Waals surface area contributed by atoms with Crippen LogP contribution in [-0.4, -0.2) is 49.4 Å². The zero-order valence-corrected chi connectivity index (χ0v) is 12.6. The second kappa shape index (κ2) is 7.64. The third-order valence-corrected chi connectivity index (χ3v) is 3.63. The fourth-order valence-electron chi connectivity index (χ4n) is 1.57. The first-order valence-corrected chi connectivity index (χ1v) is 7.09. The van der Waals surface area contributed by atoms with Crippen LogP contribution in [0.25, 0.3) is 0 Å². The highest BCUT2D eigenvalue weighted by Crippen LogP contribution is 2.19. The summed E-state index contributed by atoms with van der Waals surface area (Å²) in [6.07, 6.45) is 0. The van der Waals surface area contributed by atoms with Gasteiger partial charge in [0.05, 0.1) is 18.5 Å². The Morgan fingerprint density at radius 3 is 2.45 bits per heavy atom. The maximum absolute atomic E-state index is 12.2. The highest BCUT2D eigenvalue weighted by atomic mass is 32.1. The number of hydrogen-bond acceptors (Lipinski definition) is 5. The van der Waals surface area contributed by atoms with Crippen molar-refractivity contribution in [2.45, 2.75) is 13.8 Å². The Kier molecular flexibility index (Phi) is 6.17. The highest BCUT2D eigenvalue weighted by Gasteiger charge is 2.20. The average molecular weight is 298 g/mol. The number of rotatable bonds is 6. The minimum absolute atomic E-state index is 0.00856. The summed E-state index contributed by atoms with van der Waals surface area (Å²) < 4.78 is 4.60. The first-order valence-electron chi connectivity index (χ1n) is 6.27. The standard InChI is InChI=1S/C13H18N2O4S/c1-4-14-11(16)8-15(5-2)12(17)9-6-7-10(20-9)13(18)19-3/h6-7H,4-5,8H2,1-3H3,(H,14,16). The molecule has 0 bridgehead atoms. The molecule has 2 amide bonds. The predicted molar refractivity (Wildman–Crippen MR) is 75.9 cm³/mol. The topological polar surface area (TPSA) is 75.7 Å². The van der Waals surface area contributed by atoms with Crippen molar-refractivity contribution >= 4 is 29.1 Å². The van der Waals surface area contributed by atoms with E-state index in [4.69, 9.17) is 0 Å². The predicted octanol–water partition coefficient (Wildman–Crippen LogP) is 1.13. The molecule has 0 aliphatic rings. The van der Waals surface area contributed by atoms with Crippen molar-refractivity contribution < 1.29 is 19.1 Å². The van der Waals surface area contributed by atoms with E-state index in [-0.39, 0.29) is 18.4 Å². The lowest BCUT2D eigenvalue weighted by Gasteiger charge is -2.19. The molecule has 0 saturated heterocycles. The maximum Gasteiger partial charge on any atom is 0.348 e. The van der Waals surface area contributed by atoms with Gasteiger partial charge in [-0.2, -0.15) is 0 Å². The lowest BCUT2D eigenvalue weighted by molar-refractivity contribution is -0.121. The van der Waals surface area contributed by atoms with E-state index in [0.717, 1.165) is 11.3 Å². The van der Waals surface area contributed by atoms with Gasteiger partial charge in [-0.25, -0.2) is 4.79 Å². The van der Waals surface area contributed by atoms with E-state index in [2.05, 4.69) is 10.1 Å². The Morgan fingerprint density at radius 2 is 1.90 bits per heavy atom. The van der Waals surface area contributed by atoms with Gasteiger partial charge in [-0.15, -0.1) is 11.3 Å². The molecule has 0 spiro atoms. The van der Waals surface area contributed by atoms with Crippen LogP contribution in [0.4, 0.5) is 0 Å². The van der Waals surface area contributed by atoms with Gasteiger partial charge in [0, 0.05) is 13.1 Å². The molecule has 0 saturated carbocycles. The van der Waals surface area contributed by atoms with Crippen LogP contribution in [0.1, 0.15) is 33.2 Å². The van der Waals surface area contributed by atoms with Crippen LogP contribution in [0.2, 0.25) is 0 Å². The zero-order chi connectivity index (χ0) is 15.1. The Balaban J connectivity index is 2.78. The first-order chi connectivity index (χ1) is 9.53. The molecule has 1 N–H and O–H groups in total. The molecule has 0 unspecified atom stereocenters. The summed E-state index contributed by atoms with van der Waals surface area (Å²) in [6, 6.07) is 3.11. The number of nitrogens with zero attached hydrogens (tertiary/aromatic N) is 1. The minimum Gasteiger partial charge on any atom is -0.465 e. The quantitative estimate of drug-likeness (QED) is 0.799. The molecule has 110 valence electrons. The Morgan fingerprint density at radius 1 is 1.25 bits per heavy atom. The molecule has 0 aliphatic carbocycles. The van der Waals surface area contributed by atoms with E-state index in [0.29, 0.717) is 22.8 Å². The van der Waals surface area contributed by atoms with E-state index in [9.17, 15) is 14.4 Å². The van der Waals surface area contributed by atoms with E-state index in [1.807, 2.05) is 6.92 Å². The Bertz CT molecular complexity index is 498. The van der Waals surface area contributed by atoms with Crippen molar-refractivity contribution in [3.63, 3.8) is 0 Å². The summed E-state index contributed by atoms with van der Waals surface area (Å²) in [7, 11) is 1.29. The minimum atomic E-state index is -0.471. The van der Waals surface area contributed by atoms with Crippen molar-refractivity contribution in [1.82, 2.24) is 10.2 Å².